The van der Waals surface area contributed by atoms with Crippen LogP contribution in [0.15, 0.2) is 48.5 Å². The van der Waals surface area contributed by atoms with Crippen LogP contribution in [0.2, 0.25) is 0 Å². The molecule has 3 nitrogen and oxygen atoms in total. The van der Waals surface area contributed by atoms with Crippen molar-refractivity contribution < 1.29 is 14.6 Å². The average Bonchev–Trinajstić information content (AvgIpc) is 2.58. The summed E-state index contributed by atoms with van der Waals surface area (Å²) in [6.07, 6.45) is -0.744. The van der Waals surface area contributed by atoms with E-state index in [0.29, 0.717) is 23.3 Å². The Morgan fingerprint density at radius 3 is 1.59 bits per heavy atom. The van der Waals surface area contributed by atoms with E-state index in [-0.39, 0.29) is 13.2 Å². The number of alkyl halides is 2. The largest absolute Gasteiger partial charge is 0.490 e. The van der Waals surface area contributed by atoms with Crippen molar-refractivity contribution in [3.05, 3.63) is 59.7 Å². The zero-order valence-corrected chi connectivity index (χ0v) is 13.6. The van der Waals surface area contributed by atoms with Crippen LogP contribution in [0.1, 0.15) is 11.1 Å². The summed E-state index contributed by atoms with van der Waals surface area (Å²) in [6.45, 7) is 0.272. The van der Waals surface area contributed by atoms with Crippen LogP contribution in [0.4, 0.5) is 0 Å². The molecule has 0 saturated heterocycles. The topological polar surface area (TPSA) is 38.7 Å². The van der Waals surface area contributed by atoms with Crippen LogP contribution in [0, 0.1) is 0 Å². The Kier molecular flexibility index (Phi) is 6.84. The van der Waals surface area contributed by atoms with Gasteiger partial charge < -0.3 is 14.6 Å². The maximum atomic E-state index is 9.98. The van der Waals surface area contributed by atoms with Gasteiger partial charge in [0.1, 0.15) is 30.8 Å². The van der Waals surface area contributed by atoms with Crippen molar-refractivity contribution in [3.8, 4) is 11.5 Å². The Hall–Kier alpha value is -1.42. The summed E-state index contributed by atoms with van der Waals surface area (Å²) in [5.41, 5.74) is 1.79. The fourth-order valence-corrected chi connectivity index (χ4v) is 2.37. The van der Waals surface area contributed by atoms with E-state index in [4.69, 9.17) is 32.7 Å². The minimum atomic E-state index is -0.744. The monoisotopic (exact) mass is 340 g/mol. The molecule has 0 bridgehead atoms. The van der Waals surface area contributed by atoms with Crippen molar-refractivity contribution in [2.24, 2.45) is 0 Å². The third-order valence-corrected chi connectivity index (χ3v) is 3.67. The molecule has 2 rings (SSSR count). The van der Waals surface area contributed by atoms with Gasteiger partial charge in [0.25, 0.3) is 0 Å². The van der Waals surface area contributed by atoms with E-state index in [9.17, 15) is 5.11 Å². The van der Waals surface area contributed by atoms with Gasteiger partial charge in [0, 0.05) is 11.1 Å². The second kappa shape index (κ2) is 8.89. The Morgan fingerprint density at radius 1 is 0.773 bits per heavy atom. The van der Waals surface area contributed by atoms with E-state index < -0.39 is 6.10 Å². The van der Waals surface area contributed by atoms with Gasteiger partial charge in [0.05, 0.1) is 11.8 Å². The highest BCUT2D eigenvalue weighted by Crippen LogP contribution is 2.21. The molecule has 1 N–H and O–H groups in total. The van der Waals surface area contributed by atoms with E-state index >= 15 is 0 Å². The molecule has 0 aliphatic heterocycles. The van der Waals surface area contributed by atoms with Gasteiger partial charge in [-0.3, -0.25) is 0 Å². The number of aliphatic hydroxyl groups excluding tert-OH is 1. The lowest BCUT2D eigenvalue weighted by atomic mass is 10.2. The van der Waals surface area contributed by atoms with E-state index in [1.807, 2.05) is 48.5 Å². The highest BCUT2D eigenvalue weighted by atomic mass is 35.5. The molecule has 0 aliphatic carbocycles. The Labute approximate surface area is 140 Å². The number of hydrogen-bond donors (Lipinski definition) is 1. The molecule has 118 valence electrons. The maximum Gasteiger partial charge on any atom is 0.123 e. The molecule has 0 atom stereocenters. The summed E-state index contributed by atoms with van der Waals surface area (Å²) in [7, 11) is 0. The quantitative estimate of drug-likeness (QED) is 0.738. The zero-order valence-electron chi connectivity index (χ0n) is 12.0. The summed E-state index contributed by atoms with van der Waals surface area (Å²) in [5.74, 6) is 2.09. The van der Waals surface area contributed by atoms with Gasteiger partial charge in [0.15, 0.2) is 0 Å². The van der Waals surface area contributed by atoms with Crippen molar-refractivity contribution >= 4 is 23.2 Å². The lowest BCUT2D eigenvalue weighted by Gasteiger charge is -2.16. The summed E-state index contributed by atoms with van der Waals surface area (Å²) in [6, 6.07) is 15.0. The number of halogens is 2. The van der Waals surface area contributed by atoms with Crippen LogP contribution >= 0.6 is 23.2 Å². The van der Waals surface area contributed by atoms with Gasteiger partial charge in [-0.25, -0.2) is 0 Å². The number of ether oxygens (including phenoxy) is 2. The van der Waals surface area contributed by atoms with E-state index in [1.54, 1.807) is 0 Å². The van der Waals surface area contributed by atoms with E-state index in [2.05, 4.69) is 0 Å². The molecular formula is C17H18Cl2O3. The second-order valence-electron chi connectivity index (χ2n) is 4.76. The molecule has 0 spiro atoms. The fourth-order valence-electron chi connectivity index (χ4n) is 1.93. The van der Waals surface area contributed by atoms with Gasteiger partial charge in [-0.2, -0.15) is 0 Å². The second-order valence-corrected chi connectivity index (χ2v) is 5.29. The average molecular weight is 341 g/mol. The van der Waals surface area contributed by atoms with Crippen LogP contribution in [0.3, 0.4) is 0 Å². The first-order valence-corrected chi connectivity index (χ1v) is 8.03. The van der Waals surface area contributed by atoms with Gasteiger partial charge in [-0.1, -0.05) is 36.4 Å². The van der Waals surface area contributed by atoms with Crippen molar-refractivity contribution in [2.75, 3.05) is 13.2 Å². The Bertz CT molecular complexity index is 538. The number of aliphatic hydroxyl groups is 1. The first kappa shape index (κ1) is 16.9. The molecular weight excluding hydrogens is 323 g/mol. The van der Waals surface area contributed by atoms with Crippen LogP contribution in [-0.4, -0.2) is 24.4 Å². The molecule has 0 amide bonds. The van der Waals surface area contributed by atoms with Crippen LogP contribution in [0.5, 0.6) is 11.5 Å². The third-order valence-electron chi connectivity index (χ3n) is 3.10. The highest BCUT2D eigenvalue weighted by Gasteiger charge is 2.10. The summed E-state index contributed by atoms with van der Waals surface area (Å²) >= 11 is 11.7. The Balaban J connectivity index is 1.84. The predicted octanol–water partition coefficient (Wildman–Crippen LogP) is 3.98. The molecule has 0 unspecified atom stereocenters. The van der Waals surface area contributed by atoms with Crippen molar-refractivity contribution in [1.29, 1.82) is 0 Å². The summed E-state index contributed by atoms with van der Waals surface area (Å²) < 4.78 is 11.2. The van der Waals surface area contributed by atoms with Gasteiger partial charge in [-0.05, 0) is 12.1 Å². The fraction of sp³-hybridized carbons (Fsp3) is 0.294. The smallest absolute Gasteiger partial charge is 0.123 e. The van der Waals surface area contributed by atoms with Gasteiger partial charge in [-0.15, -0.1) is 23.2 Å². The van der Waals surface area contributed by atoms with Crippen molar-refractivity contribution in [1.82, 2.24) is 0 Å². The maximum absolute atomic E-state index is 9.98. The first-order chi connectivity index (χ1) is 10.7. The molecule has 0 aliphatic rings. The molecule has 0 aromatic heterocycles. The van der Waals surface area contributed by atoms with Crippen LogP contribution < -0.4 is 9.47 Å². The van der Waals surface area contributed by atoms with E-state index in [1.165, 1.54) is 0 Å². The molecule has 0 saturated carbocycles. The third kappa shape index (κ3) is 4.80. The summed E-state index contributed by atoms with van der Waals surface area (Å²) in [5, 5.41) is 9.98. The normalized spacial score (nSPS) is 10.7. The molecule has 2 aromatic carbocycles. The summed E-state index contributed by atoms with van der Waals surface area (Å²) in [4.78, 5) is 0. The SMILES string of the molecule is OC(COc1ccccc1CCl)COc1ccccc1CCl. The van der Waals surface area contributed by atoms with Gasteiger partial charge >= 0.3 is 0 Å². The van der Waals surface area contributed by atoms with Crippen LogP contribution in [-0.2, 0) is 11.8 Å². The lowest BCUT2D eigenvalue weighted by molar-refractivity contribution is 0.0621. The molecule has 0 fully saturated rings. The highest BCUT2D eigenvalue weighted by molar-refractivity contribution is 6.17. The molecule has 0 heterocycles. The van der Waals surface area contributed by atoms with E-state index in [0.717, 1.165) is 11.1 Å². The lowest BCUT2D eigenvalue weighted by Crippen LogP contribution is -2.25. The number of rotatable bonds is 8. The molecule has 22 heavy (non-hydrogen) atoms. The minimum absolute atomic E-state index is 0.136. The van der Waals surface area contributed by atoms with Crippen molar-refractivity contribution in [3.63, 3.8) is 0 Å². The number of para-hydroxylation sites is 2. The number of hydrogen-bond acceptors (Lipinski definition) is 3. The number of benzene rings is 2. The van der Waals surface area contributed by atoms with Crippen LogP contribution in [0.25, 0.3) is 0 Å². The predicted molar refractivity (Wildman–Crippen MR) is 89.0 cm³/mol. The standard InChI is InChI=1S/C17H18Cl2O3/c18-9-13-5-1-3-7-16(13)21-11-15(20)12-22-17-8-4-2-6-14(17)10-19/h1-8,15,20H,9-12H2. The molecule has 0 radical (unpaired) electrons. The molecule has 2 aromatic rings. The van der Waals surface area contributed by atoms with Crippen molar-refractivity contribution in [2.45, 2.75) is 17.9 Å². The Morgan fingerprint density at radius 2 is 1.18 bits per heavy atom. The zero-order chi connectivity index (χ0) is 15.8. The molecule has 5 heteroatoms. The first-order valence-electron chi connectivity index (χ1n) is 6.96. The minimum Gasteiger partial charge on any atom is -0.490 e. The van der Waals surface area contributed by atoms with Gasteiger partial charge in [0.2, 0.25) is 0 Å².